The van der Waals surface area contributed by atoms with Gasteiger partial charge in [-0.15, -0.1) is 0 Å². The van der Waals surface area contributed by atoms with Crippen LogP contribution in [-0.2, 0) is 0 Å². The molecule has 1 saturated heterocycles. The van der Waals surface area contributed by atoms with Gasteiger partial charge in [-0.25, -0.2) is 9.18 Å². The topological polar surface area (TPSA) is 32.3 Å². The van der Waals surface area contributed by atoms with Crippen molar-refractivity contribution in [1.29, 1.82) is 0 Å². The maximum absolute atomic E-state index is 13.1. The zero-order chi connectivity index (χ0) is 15.4. The summed E-state index contributed by atoms with van der Waals surface area (Å²) in [6.45, 7) is 5.92. The summed E-state index contributed by atoms with van der Waals surface area (Å²) in [5.41, 5.74) is 0.522. The molecular weight excluding hydrogens is 291 g/mol. The third-order valence-corrected chi connectivity index (χ3v) is 4.32. The molecule has 3 nitrogen and oxygen atoms in total. The van der Waals surface area contributed by atoms with Gasteiger partial charge in [-0.05, 0) is 42.9 Å². The van der Waals surface area contributed by atoms with Crippen LogP contribution >= 0.6 is 11.6 Å². The van der Waals surface area contributed by atoms with E-state index >= 15 is 0 Å². The van der Waals surface area contributed by atoms with Crippen LogP contribution in [0.4, 0.5) is 14.9 Å². The number of anilines is 1. The number of hydrogen-bond acceptors (Lipinski definition) is 1. The minimum Gasteiger partial charge on any atom is -0.324 e. The Labute approximate surface area is 130 Å². The Morgan fingerprint density at radius 2 is 2.00 bits per heavy atom. The van der Waals surface area contributed by atoms with Gasteiger partial charge in [0.2, 0.25) is 0 Å². The van der Waals surface area contributed by atoms with E-state index in [0.29, 0.717) is 17.5 Å². The second-order valence-electron chi connectivity index (χ2n) is 6.08. The van der Waals surface area contributed by atoms with E-state index in [1.165, 1.54) is 24.6 Å². The maximum Gasteiger partial charge on any atom is 0.321 e. The van der Waals surface area contributed by atoms with E-state index < -0.39 is 5.82 Å². The quantitative estimate of drug-likeness (QED) is 0.796. The Morgan fingerprint density at radius 1 is 1.29 bits per heavy atom. The SMILES string of the molecule is CC1CCC(C)CN(C(=O)Nc2ccc(F)c(Cl)c2)CC1. The van der Waals surface area contributed by atoms with Crippen molar-refractivity contribution in [2.45, 2.75) is 33.1 Å². The Hall–Kier alpha value is -1.29. The van der Waals surface area contributed by atoms with Gasteiger partial charge in [0.25, 0.3) is 0 Å². The van der Waals surface area contributed by atoms with Gasteiger partial charge in [-0.3, -0.25) is 0 Å². The molecule has 1 aromatic carbocycles. The molecule has 1 fully saturated rings. The van der Waals surface area contributed by atoms with Gasteiger partial charge >= 0.3 is 6.03 Å². The summed E-state index contributed by atoms with van der Waals surface area (Å²) in [6, 6.07) is 4.08. The number of carbonyl (C=O) groups excluding carboxylic acids is 1. The summed E-state index contributed by atoms with van der Waals surface area (Å²) in [6.07, 6.45) is 3.39. The van der Waals surface area contributed by atoms with Gasteiger partial charge in [-0.1, -0.05) is 31.9 Å². The van der Waals surface area contributed by atoms with E-state index in [1.54, 1.807) is 0 Å². The largest absolute Gasteiger partial charge is 0.324 e. The zero-order valence-corrected chi connectivity index (χ0v) is 13.3. The molecule has 0 radical (unpaired) electrons. The fourth-order valence-corrected chi connectivity index (χ4v) is 2.79. The molecule has 116 valence electrons. The smallest absolute Gasteiger partial charge is 0.321 e. The average Bonchev–Trinajstić information content (AvgIpc) is 2.43. The minimum atomic E-state index is -0.483. The molecule has 2 unspecified atom stereocenters. The molecule has 0 aliphatic carbocycles. The van der Waals surface area contributed by atoms with E-state index in [4.69, 9.17) is 11.6 Å². The molecule has 1 N–H and O–H groups in total. The second-order valence-corrected chi connectivity index (χ2v) is 6.49. The third-order valence-electron chi connectivity index (χ3n) is 4.03. The summed E-state index contributed by atoms with van der Waals surface area (Å²) >= 11 is 5.73. The van der Waals surface area contributed by atoms with Crippen LogP contribution in [0.2, 0.25) is 5.02 Å². The Morgan fingerprint density at radius 3 is 2.71 bits per heavy atom. The predicted molar refractivity (Wildman–Crippen MR) is 84.2 cm³/mol. The fourth-order valence-electron chi connectivity index (χ4n) is 2.61. The highest BCUT2D eigenvalue weighted by Crippen LogP contribution is 2.22. The number of nitrogens with one attached hydrogen (secondary N) is 1. The number of amides is 2. The summed E-state index contributed by atoms with van der Waals surface area (Å²) in [5, 5.41) is 2.82. The van der Waals surface area contributed by atoms with Gasteiger partial charge in [0.15, 0.2) is 0 Å². The third kappa shape index (κ3) is 4.60. The Balaban J connectivity index is 2.01. The molecule has 0 bridgehead atoms. The number of halogens is 2. The predicted octanol–water partition coefficient (Wildman–Crippen LogP) is 4.77. The minimum absolute atomic E-state index is 0.0162. The number of rotatable bonds is 1. The first kappa shape index (κ1) is 16.1. The summed E-state index contributed by atoms with van der Waals surface area (Å²) in [4.78, 5) is 14.2. The average molecular weight is 313 g/mol. The maximum atomic E-state index is 13.1. The number of nitrogens with zero attached hydrogens (tertiary/aromatic N) is 1. The molecule has 0 saturated carbocycles. The molecule has 2 atom stereocenters. The highest BCUT2D eigenvalue weighted by molar-refractivity contribution is 6.31. The van der Waals surface area contributed by atoms with Crippen LogP contribution in [0, 0.1) is 17.7 Å². The lowest BCUT2D eigenvalue weighted by Gasteiger charge is -2.30. The number of likely N-dealkylation sites (tertiary alicyclic amines) is 1. The van der Waals surface area contributed by atoms with Crippen molar-refractivity contribution in [3.63, 3.8) is 0 Å². The van der Waals surface area contributed by atoms with Crippen LogP contribution in [0.25, 0.3) is 0 Å². The van der Waals surface area contributed by atoms with Crippen LogP contribution in [0.15, 0.2) is 18.2 Å². The number of hydrogen-bond donors (Lipinski definition) is 1. The monoisotopic (exact) mass is 312 g/mol. The van der Waals surface area contributed by atoms with Gasteiger partial charge in [0.05, 0.1) is 5.02 Å². The van der Waals surface area contributed by atoms with Gasteiger partial charge in [0, 0.05) is 18.8 Å². The highest BCUT2D eigenvalue weighted by Gasteiger charge is 2.21. The number of benzene rings is 1. The molecule has 21 heavy (non-hydrogen) atoms. The number of carbonyl (C=O) groups is 1. The van der Waals surface area contributed by atoms with Crippen LogP contribution in [-0.4, -0.2) is 24.0 Å². The second kappa shape index (κ2) is 7.12. The van der Waals surface area contributed by atoms with Crippen molar-refractivity contribution in [1.82, 2.24) is 4.90 Å². The molecule has 1 aromatic rings. The van der Waals surface area contributed by atoms with Gasteiger partial charge < -0.3 is 10.2 Å². The van der Waals surface area contributed by atoms with Crippen LogP contribution in [0.1, 0.15) is 33.1 Å². The molecular formula is C16H22ClFN2O. The summed E-state index contributed by atoms with van der Waals surface area (Å²) < 4.78 is 13.1. The fraction of sp³-hybridized carbons (Fsp3) is 0.562. The van der Waals surface area contributed by atoms with E-state index in [-0.39, 0.29) is 11.1 Å². The molecule has 0 spiro atoms. The van der Waals surface area contributed by atoms with Gasteiger partial charge in [-0.2, -0.15) is 0 Å². The molecule has 1 aliphatic heterocycles. The van der Waals surface area contributed by atoms with Crippen molar-refractivity contribution in [3.8, 4) is 0 Å². The van der Waals surface area contributed by atoms with Crippen molar-refractivity contribution in [3.05, 3.63) is 29.0 Å². The first-order chi connectivity index (χ1) is 9.95. The van der Waals surface area contributed by atoms with Crippen LogP contribution in [0.5, 0.6) is 0 Å². The Bertz CT molecular complexity index is 509. The lowest BCUT2D eigenvalue weighted by molar-refractivity contribution is 0.185. The standard InChI is InChI=1S/C16H22ClFN2O/c1-11-3-4-12(2)10-20(8-7-11)16(21)19-13-5-6-15(18)14(17)9-13/h5-6,9,11-12H,3-4,7-8,10H2,1-2H3,(H,19,21). The first-order valence-electron chi connectivity index (χ1n) is 7.46. The summed E-state index contributed by atoms with van der Waals surface area (Å²) in [7, 11) is 0. The zero-order valence-electron chi connectivity index (χ0n) is 12.5. The normalized spacial score (nSPS) is 23.3. The molecule has 1 aliphatic rings. The van der Waals surface area contributed by atoms with Crippen LogP contribution in [0.3, 0.4) is 0 Å². The van der Waals surface area contributed by atoms with E-state index in [0.717, 1.165) is 25.9 Å². The molecule has 1 heterocycles. The van der Waals surface area contributed by atoms with E-state index in [2.05, 4.69) is 19.2 Å². The van der Waals surface area contributed by atoms with Crippen LogP contribution < -0.4 is 5.32 Å². The lowest BCUT2D eigenvalue weighted by Crippen LogP contribution is -2.40. The van der Waals surface area contributed by atoms with Crippen molar-refractivity contribution < 1.29 is 9.18 Å². The number of urea groups is 1. The Kier molecular flexibility index (Phi) is 5.45. The van der Waals surface area contributed by atoms with Crippen molar-refractivity contribution in [2.24, 2.45) is 11.8 Å². The first-order valence-corrected chi connectivity index (χ1v) is 7.84. The van der Waals surface area contributed by atoms with E-state index in [1.807, 2.05) is 4.90 Å². The lowest BCUT2D eigenvalue weighted by atomic mass is 9.93. The molecule has 2 amide bonds. The van der Waals surface area contributed by atoms with Crippen molar-refractivity contribution >= 4 is 23.3 Å². The molecule has 0 aromatic heterocycles. The highest BCUT2D eigenvalue weighted by atomic mass is 35.5. The van der Waals surface area contributed by atoms with E-state index in [9.17, 15) is 9.18 Å². The van der Waals surface area contributed by atoms with Gasteiger partial charge in [0.1, 0.15) is 5.82 Å². The molecule has 2 rings (SSSR count). The molecule has 5 heteroatoms. The van der Waals surface area contributed by atoms with Crippen molar-refractivity contribution in [2.75, 3.05) is 18.4 Å². The summed E-state index contributed by atoms with van der Waals surface area (Å²) in [5.74, 6) is 0.655.